The van der Waals surface area contributed by atoms with Crippen LogP contribution in [0.2, 0.25) is 0 Å². The first-order valence-corrected chi connectivity index (χ1v) is 6.41. The molecule has 102 valence electrons. The number of aromatic nitrogens is 1. The number of nitrogens with one attached hydrogen (secondary N) is 1. The Morgan fingerprint density at radius 2 is 2.30 bits per heavy atom. The van der Waals surface area contributed by atoms with Crippen LogP contribution in [0.25, 0.3) is 11.1 Å². The van der Waals surface area contributed by atoms with E-state index < -0.39 is 5.91 Å². The van der Waals surface area contributed by atoms with Crippen LogP contribution in [0.3, 0.4) is 0 Å². The lowest BCUT2D eigenvalue weighted by atomic mass is 9.98. The standard InChI is InChI=1S/C15H15N3O2/c1-20-13-7-9(4-5-11(13)14(16)19)12-8-18-15-10(12)3-2-6-17-15/h4-8,18H,2-3H2,1H3,(H2,16,19). The number of primary amides is 1. The molecule has 0 saturated carbocycles. The summed E-state index contributed by atoms with van der Waals surface area (Å²) in [6.07, 6.45) is 5.75. The van der Waals surface area contributed by atoms with Crippen molar-refractivity contribution in [2.45, 2.75) is 12.8 Å². The molecule has 1 aliphatic rings. The van der Waals surface area contributed by atoms with Crippen LogP contribution >= 0.6 is 0 Å². The van der Waals surface area contributed by atoms with Gasteiger partial charge in [0.25, 0.3) is 5.91 Å². The molecular formula is C15H15N3O2. The van der Waals surface area contributed by atoms with E-state index >= 15 is 0 Å². The van der Waals surface area contributed by atoms with E-state index in [2.05, 4.69) is 9.98 Å². The van der Waals surface area contributed by atoms with Gasteiger partial charge in [0, 0.05) is 23.5 Å². The van der Waals surface area contributed by atoms with Crippen LogP contribution < -0.4 is 10.5 Å². The molecule has 3 rings (SSSR count). The first-order valence-electron chi connectivity index (χ1n) is 6.41. The minimum absolute atomic E-state index is 0.388. The first kappa shape index (κ1) is 12.5. The number of nitrogens with zero attached hydrogens (tertiary/aromatic N) is 1. The highest BCUT2D eigenvalue weighted by Gasteiger charge is 2.16. The van der Waals surface area contributed by atoms with Gasteiger partial charge in [-0.3, -0.25) is 4.79 Å². The Morgan fingerprint density at radius 3 is 3.05 bits per heavy atom. The number of carbonyl (C=O) groups is 1. The lowest BCUT2D eigenvalue weighted by molar-refractivity contribution is 0.0997. The minimum Gasteiger partial charge on any atom is -0.496 e. The summed E-state index contributed by atoms with van der Waals surface area (Å²) in [5.41, 5.74) is 8.99. The Bertz CT molecular complexity index is 701. The summed E-state index contributed by atoms with van der Waals surface area (Å²) in [5, 5.41) is 0. The molecule has 1 aliphatic heterocycles. The smallest absolute Gasteiger partial charge is 0.252 e. The Kier molecular flexibility index (Phi) is 3.02. The molecule has 0 spiro atoms. The molecule has 1 aromatic carbocycles. The van der Waals surface area contributed by atoms with Crippen LogP contribution in [-0.4, -0.2) is 24.2 Å². The summed E-state index contributed by atoms with van der Waals surface area (Å²) in [7, 11) is 1.53. The van der Waals surface area contributed by atoms with Gasteiger partial charge in [0.05, 0.1) is 12.7 Å². The second-order valence-electron chi connectivity index (χ2n) is 4.66. The summed E-state index contributed by atoms with van der Waals surface area (Å²) in [4.78, 5) is 18.8. The van der Waals surface area contributed by atoms with E-state index in [1.54, 1.807) is 6.07 Å². The molecule has 20 heavy (non-hydrogen) atoms. The highest BCUT2D eigenvalue weighted by molar-refractivity contribution is 5.96. The number of hydrogen-bond donors (Lipinski definition) is 2. The summed E-state index contributed by atoms with van der Waals surface area (Å²) in [6.45, 7) is 0. The molecule has 5 heteroatoms. The van der Waals surface area contributed by atoms with E-state index in [4.69, 9.17) is 10.5 Å². The molecule has 0 radical (unpaired) electrons. The lowest BCUT2D eigenvalue weighted by Crippen LogP contribution is -2.12. The van der Waals surface area contributed by atoms with Gasteiger partial charge in [-0.2, -0.15) is 0 Å². The molecule has 0 unspecified atom stereocenters. The normalized spacial score (nSPS) is 13.1. The lowest BCUT2D eigenvalue weighted by Gasteiger charge is -2.10. The van der Waals surface area contributed by atoms with Gasteiger partial charge in [0.1, 0.15) is 11.6 Å². The van der Waals surface area contributed by atoms with Crippen molar-refractivity contribution in [3.8, 4) is 16.9 Å². The monoisotopic (exact) mass is 269 g/mol. The van der Waals surface area contributed by atoms with E-state index in [1.807, 2.05) is 24.5 Å². The second kappa shape index (κ2) is 4.85. The molecule has 0 aliphatic carbocycles. The van der Waals surface area contributed by atoms with E-state index in [-0.39, 0.29) is 0 Å². The number of H-pyrrole nitrogens is 1. The number of amides is 1. The number of fused-ring (bicyclic) bond motifs is 1. The predicted octanol–water partition coefficient (Wildman–Crippen LogP) is 2.44. The molecule has 1 aromatic heterocycles. The van der Waals surface area contributed by atoms with Crippen molar-refractivity contribution in [1.82, 2.24) is 4.98 Å². The van der Waals surface area contributed by atoms with Gasteiger partial charge < -0.3 is 15.5 Å². The number of rotatable bonds is 3. The van der Waals surface area contributed by atoms with Crippen molar-refractivity contribution < 1.29 is 9.53 Å². The summed E-state index contributed by atoms with van der Waals surface area (Å²) < 4.78 is 5.25. The Labute approximate surface area is 116 Å². The van der Waals surface area contributed by atoms with Crippen molar-refractivity contribution >= 4 is 17.9 Å². The maximum Gasteiger partial charge on any atom is 0.252 e. The van der Waals surface area contributed by atoms with Crippen LogP contribution in [0.5, 0.6) is 5.75 Å². The molecule has 0 atom stereocenters. The molecule has 2 heterocycles. The number of benzene rings is 1. The quantitative estimate of drug-likeness (QED) is 0.897. The van der Waals surface area contributed by atoms with E-state index in [1.165, 1.54) is 12.7 Å². The van der Waals surface area contributed by atoms with E-state index in [0.29, 0.717) is 11.3 Å². The van der Waals surface area contributed by atoms with Gasteiger partial charge >= 0.3 is 0 Å². The Balaban J connectivity index is 2.09. The zero-order valence-electron chi connectivity index (χ0n) is 11.1. The summed E-state index contributed by atoms with van der Waals surface area (Å²) in [6, 6.07) is 5.41. The molecule has 1 amide bonds. The van der Waals surface area contributed by atoms with Crippen molar-refractivity contribution in [2.24, 2.45) is 10.7 Å². The highest BCUT2D eigenvalue weighted by Crippen LogP contribution is 2.35. The average Bonchev–Trinajstić information content (AvgIpc) is 2.90. The fourth-order valence-electron chi connectivity index (χ4n) is 2.50. The average molecular weight is 269 g/mol. The van der Waals surface area contributed by atoms with Crippen LogP contribution in [0.1, 0.15) is 22.3 Å². The van der Waals surface area contributed by atoms with Crippen LogP contribution in [0, 0.1) is 0 Å². The van der Waals surface area contributed by atoms with Gasteiger partial charge in [0.15, 0.2) is 0 Å². The maximum absolute atomic E-state index is 11.3. The molecule has 0 saturated heterocycles. The highest BCUT2D eigenvalue weighted by atomic mass is 16.5. The zero-order valence-corrected chi connectivity index (χ0v) is 11.1. The van der Waals surface area contributed by atoms with Gasteiger partial charge in [-0.15, -0.1) is 0 Å². The first-order chi connectivity index (χ1) is 9.70. The number of carbonyl (C=O) groups excluding carboxylic acids is 1. The van der Waals surface area contributed by atoms with E-state index in [9.17, 15) is 4.79 Å². The zero-order chi connectivity index (χ0) is 14.1. The van der Waals surface area contributed by atoms with Crippen LogP contribution in [0.15, 0.2) is 29.4 Å². The van der Waals surface area contributed by atoms with Crippen LogP contribution in [0.4, 0.5) is 5.82 Å². The summed E-state index contributed by atoms with van der Waals surface area (Å²) in [5.74, 6) is 0.905. The molecule has 2 aromatic rings. The van der Waals surface area contributed by atoms with Crippen molar-refractivity contribution in [2.75, 3.05) is 7.11 Å². The number of nitrogens with two attached hydrogens (primary N) is 1. The van der Waals surface area contributed by atoms with Crippen molar-refractivity contribution in [3.63, 3.8) is 0 Å². The number of aliphatic imine (C=N–C) groups is 1. The topological polar surface area (TPSA) is 80.5 Å². The fraction of sp³-hybridized carbons (Fsp3) is 0.200. The third kappa shape index (κ3) is 1.97. The number of aromatic amines is 1. The number of methoxy groups -OCH3 is 1. The van der Waals surface area contributed by atoms with Crippen molar-refractivity contribution in [3.05, 3.63) is 35.5 Å². The van der Waals surface area contributed by atoms with E-state index in [0.717, 1.165) is 29.8 Å². The molecule has 0 bridgehead atoms. The fourth-order valence-corrected chi connectivity index (χ4v) is 2.50. The van der Waals surface area contributed by atoms with Gasteiger partial charge in [0.2, 0.25) is 0 Å². The van der Waals surface area contributed by atoms with Gasteiger partial charge in [-0.1, -0.05) is 6.07 Å². The predicted molar refractivity (Wildman–Crippen MR) is 77.8 cm³/mol. The number of ether oxygens (including phenoxy) is 1. The largest absolute Gasteiger partial charge is 0.496 e. The summed E-state index contributed by atoms with van der Waals surface area (Å²) >= 11 is 0. The van der Waals surface area contributed by atoms with Crippen molar-refractivity contribution in [1.29, 1.82) is 0 Å². The Morgan fingerprint density at radius 1 is 1.45 bits per heavy atom. The SMILES string of the molecule is COc1cc(-c2c[nH]c3c2CCC=N3)ccc1C(N)=O. The van der Waals surface area contributed by atoms with Gasteiger partial charge in [-0.25, -0.2) is 4.99 Å². The van der Waals surface area contributed by atoms with Gasteiger partial charge in [-0.05, 0) is 30.5 Å². The molecule has 5 nitrogen and oxygen atoms in total. The van der Waals surface area contributed by atoms with Crippen LogP contribution in [-0.2, 0) is 6.42 Å². The third-order valence-corrected chi connectivity index (χ3v) is 3.49. The molecule has 3 N–H and O–H groups in total. The minimum atomic E-state index is -0.492. The molecular weight excluding hydrogens is 254 g/mol. The molecule has 0 fully saturated rings. The Hall–Kier alpha value is -2.56. The maximum atomic E-state index is 11.3. The number of hydrogen-bond acceptors (Lipinski definition) is 3. The second-order valence-corrected chi connectivity index (χ2v) is 4.66. The third-order valence-electron chi connectivity index (χ3n) is 3.49.